The predicted molar refractivity (Wildman–Crippen MR) is 280 cm³/mol. The Bertz CT molecular complexity index is 3460. The van der Waals surface area contributed by atoms with Crippen LogP contribution in [0.25, 0.3) is 66.6 Å². The van der Waals surface area contributed by atoms with E-state index in [1.54, 1.807) is 34.2 Å². The van der Waals surface area contributed by atoms with Crippen molar-refractivity contribution in [2.45, 2.75) is 38.5 Å². The second-order valence-electron chi connectivity index (χ2n) is 18.6. The molecule has 4 atom stereocenters. The molecule has 2 amide bonds. The molecule has 12 rings (SSSR count). The number of amides is 2. The van der Waals surface area contributed by atoms with Crippen LogP contribution in [0.15, 0.2) is 147 Å². The summed E-state index contributed by atoms with van der Waals surface area (Å²) in [4.78, 5) is 53.3. The highest BCUT2D eigenvalue weighted by Crippen LogP contribution is 2.49. The summed E-state index contributed by atoms with van der Waals surface area (Å²) in [7, 11) is 3.76. The number of benzene rings is 2. The van der Waals surface area contributed by atoms with Crippen molar-refractivity contribution in [1.82, 2.24) is 49.5 Å². The van der Waals surface area contributed by atoms with Crippen molar-refractivity contribution in [3.8, 4) is 45.0 Å². The summed E-state index contributed by atoms with van der Waals surface area (Å²) in [5, 5.41) is 17.6. The van der Waals surface area contributed by atoms with Crippen LogP contribution in [0.4, 0.5) is 23.3 Å². The molecular formula is C56H50N14O2. The molecule has 2 aromatic carbocycles. The first-order valence-corrected chi connectivity index (χ1v) is 23.7. The van der Waals surface area contributed by atoms with Crippen molar-refractivity contribution < 1.29 is 9.59 Å². The van der Waals surface area contributed by atoms with Crippen molar-refractivity contribution in [3.05, 3.63) is 169 Å². The van der Waals surface area contributed by atoms with Crippen LogP contribution < -0.4 is 22.1 Å². The van der Waals surface area contributed by atoms with Crippen molar-refractivity contribution >= 4 is 56.6 Å². The van der Waals surface area contributed by atoms with Crippen molar-refractivity contribution in [2.75, 3.05) is 22.1 Å². The molecule has 0 bridgehead atoms. The Hall–Kier alpha value is -9.18. The number of nitrogens with two attached hydrogens (primary N) is 2. The number of hydrogen-bond donors (Lipinski definition) is 4. The number of anilines is 4. The first kappa shape index (κ1) is 45.3. The van der Waals surface area contributed by atoms with Crippen LogP contribution in [-0.4, -0.2) is 61.3 Å². The van der Waals surface area contributed by atoms with Gasteiger partial charge in [-0.3, -0.25) is 28.9 Å². The largest absolute Gasteiger partial charge is 0.383 e. The standard InChI is InChI=1S/2C28H25N7O/c2*1-16-8-9-30-26(17-6-4-3-5-7-17)25(16)23-10-18-11-24(31-14-22(18)27(29)33-23)34-28(36)21-12-20(21)19-13-32-35(2)15-19/h2*3-11,13-15,20-21H,12H2,1-2H3,(H2,29,33)(H,31,34,36)/t2*20-,21+/m10/s1. The molecule has 0 unspecified atom stereocenters. The van der Waals surface area contributed by atoms with E-state index < -0.39 is 0 Å². The lowest BCUT2D eigenvalue weighted by atomic mass is 9.97. The van der Waals surface area contributed by atoms with Crippen LogP contribution in [0.3, 0.4) is 0 Å². The van der Waals surface area contributed by atoms with Crippen LogP contribution in [0.5, 0.6) is 0 Å². The van der Waals surface area contributed by atoms with E-state index >= 15 is 0 Å². The maximum Gasteiger partial charge on any atom is 0.229 e. The minimum absolute atomic E-state index is 0.0348. The number of hydrogen-bond acceptors (Lipinski definition) is 12. The molecule has 2 fully saturated rings. The third-order valence-corrected chi connectivity index (χ3v) is 13.5. The van der Waals surface area contributed by atoms with Gasteiger partial charge >= 0.3 is 0 Å². The smallest absolute Gasteiger partial charge is 0.229 e. The lowest BCUT2D eigenvalue weighted by Crippen LogP contribution is -2.15. The number of nitrogen functional groups attached to an aromatic ring is 2. The van der Waals surface area contributed by atoms with Gasteiger partial charge in [0.25, 0.3) is 0 Å². The SMILES string of the molecule is Cc1ccnc(-c2ccccc2)c1-c1cc2cc(NC(=O)[C@@H]3C[C@H]3c3cnn(C)c3)ncc2c(N)n1.Cc1ccnc(-c2ccccc2)c1-c1cc2cc(NC(=O)[C@H]3C[C@@H]3c3cnn(C)c3)ncc2c(N)n1. The number of fused-ring (bicyclic) bond motifs is 2. The molecule has 0 spiro atoms. The molecular weight excluding hydrogens is 901 g/mol. The van der Waals surface area contributed by atoms with Gasteiger partial charge in [-0.1, -0.05) is 60.7 Å². The van der Waals surface area contributed by atoms with Crippen molar-refractivity contribution in [1.29, 1.82) is 0 Å². The van der Waals surface area contributed by atoms with E-state index in [0.29, 0.717) is 23.3 Å². The lowest BCUT2D eigenvalue weighted by molar-refractivity contribution is -0.118. The minimum atomic E-state index is -0.0729. The maximum absolute atomic E-state index is 12.9. The number of carbonyl (C=O) groups excluding carboxylic acids is 2. The van der Waals surface area contributed by atoms with Gasteiger partial charge in [0.15, 0.2) is 0 Å². The molecule has 6 N–H and O–H groups in total. The predicted octanol–water partition coefficient (Wildman–Crippen LogP) is 9.45. The normalized spacial score (nSPS) is 16.7. The zero-order chi connectivity index (χ0) is 49.6. The van der Waals surface area contributed by atoms with Crippen LogP contribution in [0, 0.1) is 25.7 Å². The Kier molecular flexibility index (Phi) is 11.7. The monoisotopic (exact) mass is 950 g/mol. The molecule has 2 aliphatic rings. The van der Waals surface area contributed by atoms with Crippen molar-refractivity contribution in [2.24, 2.45) is 25.9 Å². The molecule has 2 saturated carbocycles. The number of nitrogens with one attached hydrogen (secondary N) is 2. The summed E-state index contributed by atoms with van der Waals surface area (Å²) in [6, 6.07) is 31.7. The number of nitrogens with zero attached hydrogens (tertiary/aromatic N) is 10. The molecule has 8 heterocycles. The van der Waals surface area contributed by atoms with Crippen LogP contribution in [-0.2, 0) is 23.7 Å². The summed E-state index contributed by atoms with van der Waals surface area (Å²) in [6.07, 6.45) is 16.2. The van der Waals surface area contributed by atoms with Crippen LogP contribution in [0.1, 0.15) is 46.9 Å². The van der Waals surface area contributed by atoms with Gasteiger partial charge in [-0.05, 0) is 108 Å². The van der Waals surface area contributed by atoms with Gasteiger partial charge in [0, 0.05) is 96.1 Å². The van der Waals surface area contributed by atoms with Crippen molar-refractivity contribution in [3.63, 3.8) is 0 Å². The number of carbonyl (C=O) groups is 2. The number of pyridine rings is 6. The first-order chi connectivity index (χ1) is 34.9. The quantitative estimate of drug-likeness (QED) is 0.101. The maximum atomic E-state index is 12.9. The van der Waals surface area contributed by atoms with Gasteiger partial charge in [-0.25, -0.2) is 19.9 Å². The van der Waals surface area contributed by atoms with Gasteiger partial charge in [0.1, 0.15) is 23.3 Å². The van der Waals surface area contributed by atoms with E-state index in [9.17, 15) is 9.59 Å². The van der Waals surface area contributed by atoms with E-state index in [-0.39, 0.29) is 35.5 Å². The van der Waals surface area contributed by atoms with Gasteiger partial charge in [-0.2, -0.15) is 10.2 Å². The first-order valence-electron chi connectivity index (χ1n) is 23.7. The molecule has 0 radical (unpaired) electrons. The van der Waals surface area contributed by atoms with Gasteiger partial charge in [0.05, 0.1) is 35.2 Å². The van der Waals surface area contributed by atoms with E-state index in [0.717, 1.165) is 102 Å². The average Bonchev–Trinajstić information content (AvgIpc) is 4.28. The molecule has 72 heavy (non-hydrogen) atoms. The van der Waals surface area contributed by atoms with E-state index in [1.165, 1.54) is 0 Å². The van der Waals surface area contributed by atoms with Crippen LogP contribution in [0.2, 0.25) is 0 Å². The molecule has 0 saturated heterocycles. The second-order valence-corrected chi connectivity index (χ2v) is 18.6. The Balaban J connectivity index is 0.000000156. The zero-order valence-electron chi connectivity index (χ0n) is 40.0. The molecule has 16 heteroatoms. The number of rotatable bonds is 10. The molecule has 16 nitrogen and oxygen atoms in total. The fourth-order valence-corrected chi connectivity index (χ4v) is 9.54. The molecule has 10 aromatic rings. The van der Waals surface area contributed by atoms with E-state index in [1.807, 2.05) is 150 Å². The molecule has 2 aliphatic carbocycles. The van der Waals surface area contributed by atoms with Gasteiger partial charge in [0.2, 0.25) is 11.8 Å². The molecule has 356 valence electrons. The van der Waals surface area contributed by atoms with Gasteiger partial charge in [-0.15, -0.1) is 0 Å². The van der Waals surface area contributed by atoms with E-state index in [4.69, 9.17) is 21.4 Å². The molecule has 0 aliphatic heterocycles. The highest BCUT2D eigenvalue weighted by molar-refractivity contribution is 6.01. The topological polar surface area (TPSA) is 223 Å². The minimum Gasteiger partial charge on any atom is -0.383 e. The molecule has 8 aromatic heterocycles. The second kappa shape index (κ2) is 18.6. The number of aromatic nitrogens is 10. The van der Waals surface area contributed by atoms with E-state index in [2.05, 4.69) is 40.8 Å². The van der Waals surface area contributed by atoms with Gasteiger partial charge < -0.3 is 22.1 Å². The fraction of sp³-hybridized carbons (Fsp3) is 0.179. The Morgan fingerprint density at radius 1 is 0.556 bits per heavy atom. The van der Waals surface area contributed by atoms with Crippen LogP contribution >= 0.6 is 0 Å². The number of aryl methyl sites for hydroxylation is 4. The summed E-state index contributed by atoms with van der Waals surface area (Å²) < 4.78 is 3.52. The Morgan fingerprint density at radius 3 is 1.36 bits per heavy atom. The third kappa shape index (κ3) is 9.08. The fourth-order valence-electron chi connectivity index (χ4n) is 9.54. The highest BCUT2D eigenvalue weighted by atomic mass is 16.2. The average molecular weight is 951 g/mol. The Labute approximate surface area is 414 Å². The Morgan fingerprint density at radius 2 is 0.972 bits per heavy atom. The summed E-state index contributed by atoms with van der Waals surface area (Å²) >= 11 is 0. The zero-order valence-corrected chi connectivity index (χ0v) is 40.0. The summed E-state index contributed by atoms with van der Waals surface area (Å²) in [6.45, 7) is 4.08. The third-order valence-electron chi connectivity index (χ3n) is 13.5. The lowest BCUT2D eigenvalue weighted by Gasteiger charge is -2.14. The summed E-state index contributed by atoms with van der Waals surface area (Å²) in [5.74, 6) is 1.94. The summed E-state index contributed by atoms with van der Waals surface area (Å²) in [5.41, 5.74) is 24.0. The highest BCUT2D eigenvalue weighted by Gasteiger charge is 2.45.